The predicted octanol–water partition coefficient (Wildman–Crippen LogP) is 0.921. The summed E-state index contributed by atoms with van der Waals surface area (Å²) in [5.74, 6) is 1.53. The highest BCUT2D eigenvalue weighted by atomic mass is 16.1. The number of rotatable bonds is 5. The van der Waals surface area contributed by atoms with Gasteiger partial charge in [-0.1, -0.05) is 13.8 Å². The van der Waals surface area contributed by atoms with E-state index in [0.29, 0.717) is 17.7 Å². The minimum absolute atomic E-state index is 0.0165. The van der Waals surface area contributed by atoms with E-state index in [9.17, 15) is 4.79 Å². The van der Waals surface area contributed by atoms with Crippen molar-refractivity contribution in [2.45, 2.75) is 26.8 Å². The molecule has 1 saturated heterocycles. The minimum Gasteiger partial charge on any atom is -0.365 e. The summed E-state index contributed by atoms with van der Waals surface area (Å²) in [6, 6.07) is 0. The molecule has 5 nitrogen and oxygen atoms in total. The van der Waals surface area contributed by atoms with E-state index in [1.165, 1.54) is 6.42 Å². The first-order chi connectivity index (χ1) is 8.66. The van der Waals surface area contributed by atoms with Gasteiger partial charge in [0.25, 0.3) is 5.56 Å². The molecule has 1 atom stereocenters. The van der Waals surface area contributed by atoms with E-state index in [1.807, 2.05) is 0 Å². The zero-order chi connectivity index (χ0) is 13.0. The average Bonchev–Trinajstić information content (AvgIpc) is 2.83. The average molecular weight is 250 g/mol. The first-order valence-corrected chi connectivity index (χ1v) is 6.67. The lowest BCUT2D eigenvalue weighted by molar-refractivity contribution is 0.509. The molecule has 5 heteroatoms. The van der Waals surface area contributed by atoms with Crippen LogP contribution < -0.4 is 16.2 Å². The van der Waals surface area contributed by atoms with Gasteiger partial charge in [0.15, 0.2) is 5.82 Å². The van der Waals surface area contributed by atoms with Gasteiger partial charge in [0.2, 0.25) is 0 Å². The molecule has 1 unspecified atom stereocenters. The van der Waals surface area contributed by atoms with E-state index in [-0.39, 0.29) is 5.56 Å². The number of hydrogen-bond acceptors (Lipinski definition) is 4. The summed E-state index contributed by atoms with van der Waals surface area (Å²) in [6.45, 7) is 7.86. The number of nitrogens with zero attached hydrogens (tertiary/aromatic N) is 2. The molecule has 1 aliphatic rings. The van der Waals surface area contributed by atoms with Gasteiger partial charge in [0.1, 0.15) is 0 Å². The van der Waals surface area contributed by atoms with Gasteiger partial charge < -0.3 is 15.2 Å². The number of anilines is 1. The molecular formula is C13H22N4O. The third kappa shape index (κ3) is 3.32. The highest BCUT2D eigenvalue weighted by Gasteiger charge is 2.15. The van der Waals surface area contributed by atoms with E-state index in [2.05, 4.69) is 29.5 Å². The van der Waals surface area contributed by atoms with Crippen LogP contribution in [-0.2, 0) is 6.54 Å². The molecule has 0 radical (unpaired) electrons. The fourth-order valence-corrected chi connectivity index (χ4v) is 2.24. The maximum absolute atomic E-state index is 12.1. The van der Waals surface area contributed by atoms with Crippen molar-refractivity contribution < 1.29 is 0 Å². The topological polar surface area (TPSA) is 59.0 Å². The maximum atomic E-state index is 12.1. The molecule has 0 saturated carbocycles. The van der Waals surface area contributed by atoms with Crippen LogP contribution in [0.25, 0.3) is 0 Å². The number of nitrogens with one attached hydrogen (secondary N) is 2. The molecule has 2 heterocycles. The van der Waals surface area contributed by atoms with Crippen molar-refractivity contribution in [1.29, 1.82) is 0 Å². The Morgan fingerprint density at radius 3 is 3.11 bits per heavy atom. The zero-order valence-corrected chi connectivity index (χ0v) is 11.1. The molecule has 0 spiro atoms. The third-order valence-electron chi connectivity index (χ3n) is 3.20. The number of hydrogen-bond donors (Lipinski definition) is 2. The molecule has 2 N–H and O–H groups in total. The van der Waals surface area contributed by atoms with E-state index >= 15 is 0 Å². The smallest absolute Gasteiger partial charge is 0.293 e. The largest absolute Gasteiger partial charge is 0.365 e. The van der Waals surface area contributed by atoms with Crippen molar-refractivity contribution in [3.8, 4) is 0 Å². The molecule has 0 amide bonds. The van der Waals surface area contributed by atoms with E-state index in [0.717, 1.165) is 26.2 Å². The Balaban J connectivity index is 2.01. The van der Waals surface area contributed by atoms with Gasteiger partial charge in [-0.15, -0.1) is 0 Å². The second-order valence-electron chi connectivity index (χ2n) is 5.37. The molecule has 1 aliphatic heterocycles. The van der Waals surface area contributed by atoms with Crippen LogP contribution in [-0.4, -0.2) is 29.2 Å². The summed E-state index contributed by atoms with van der Waals surface area (Å²) >= 11 is 0. The maximum Gasteiger partial charge on any atom is 0.293 e. The quantitative estimate of drug-likeness (QED) is 0.816. The first-order valence-electron chi connectivity index (χ1n) is 6.67. The van der Waals surface area contributed by atoms with Gasteiger partial charge in [-0.3, -0.25) is 4.79 Å². The van der Waals surface area contributed by atoms with E-state index < -0.39 is 0 Å². The summed E-state index contributed by atoms with van der Waals surface area (Å²) < 4.78 is 1.73. The zero-order valence-electron chi connectivity index (χ0n) is 11.1. The molecule has 100 valence electrons. The van der Waals surface area contributed by atoms with Crippen LogP contribution in [0.3, 0.4) is 0 Å². The van der Waals surface area contributed by atoms with Crippen LogP contribution in [0.1, 0.15) is 20.3 Å². The van der Waals surface area contributed by atoms with Crippen molar-refractivity contribution in [2.24, 2.45) is 11.8 Å². The minimum atomic E-state index is -0.0165. The highest BCUT2D eigenvalue weighted by molar-refractivity contribution is 5.30. The Bertz CT molecular complexity index is 435. The molecule has 2 rings (SSSR count). The third-order valence-corrected chi connectivity index (χ3v) is 3.20. The SMILES string of the molecule is CC(C)Cn1ccnc(NCC2CCNC2)c1=O. The van der Waals surface area contributed by atoms with Gasteiger partial charge in [-0.05, 0) is 31.3 Å². The van der Waals surface area contributed by atoms with Gasteiger partial charge in [0, 0.05) is 25.5 Å². The Kier molecular flexibility index (Phi) is 4.36. The van der Waals surface area contributed by atoms with Crippen molar-refractivity contribution in [3.05, 3.63) is 22.7 Å². The van der Waals surface area contributed by atoms with Crippen LogP contribution in [0, 0.1) is 11.8 Å². The molecule has 1 fully saturated rings. The van der Waals surface area contributed by atoms with Crippen molar-refractivity contribution >= 4 is 5.82 Å². The Labute approximate surface area is 108 Å². The lowest BCUT2D eigenvalue weighted by Crippen LogP contribution is -2.28. The van der Waals surface area contributed by atoms with Gasteiger partial charge in [0.05, 0.1) is 0 Å². The van der Waals surface area contributed by atoms with Crippen molar-refractivity contribution in [3.63, 3.8) is 0 Å². The predicted molar refractivity (Wildman–Crippen MR) is 72.8 cm³/mol. The summed E-state index contributed by atoms with van der Waals surface area (Å²) in [5.41, 5.74) is -0.0165. The van der Waals surface area contributed by atoms with E-state index in [1.54, 1.807) is 17.0 Å². The fourth-order valence-electron chi connectivity index (χ4n) is 2.24. The normalized spacial score (nSPS) is 19.4. The van der Waals surface area contributed by atoms with Crippen molar-refractivity contribution in [2.75, 3.05) is 25.0 Å². The van der Waals surface area contributed by atoms with Crippen molar-refractivity contribution in [1.82, 2.24) is 14.9 Å². The second-order valence-corrected chi connectivity index (χ2v) is 5.37. The summed E-state index contributed by atoms with van der Waals surface area (Å²) in [4.78, 5) is 16.3. The van der Waals surface area contributed by atoms with E-state index in [4.69, 9.17) is 0 Å². The van der Waals surface area contributed by atoms with Gasteiger partial charge in [-0.2, -0.15) is 0 Å². The lowest BCUT2D eigenvalue weighted by atomic mass is 10.1. The molecule has 1 aromatic heterocycles. The molecular weight excluding hydrogens is 228 g/mol. The Morgan fingerprint density at radius 2 is 2.44 bits per heavy atom. The van der Waals surface area contributed by atoms with Crippen LogP contribution in [0.5, 0.6) is 0 Å². The molecule has 0 aromatic carbocycles. The number of aromatic nitrogens is 2. The molecule has 0 aliphatic carbocycles. The standard InChI is InChI=1S/C13H22N4O/c1-10(2)9-17-6-5-15-12(13(17)18)16-8-11-3-4-14-7-11/h5-6,10-11,14H,3-4,7-9H2,1-2H3,(H,15,16). The highest BCUT2D eigenvalue weighted by Crippen LogP contribution is 2.07. The summed E-state index contributed by atoms with van der Waals surface area (Å²) in [7, 11) is 0. The second kappa shape index (κ2) is 6.00. The summed E-state index contributed by atoms with van der Waals surface area (Å²) in [5, 5.41) is 6.50. The fraction of sp³-hybridized carbons (Fsp3) is 0.692. The lowest BCUT2D eigenvalue weighted by Gasteiger charge is -2.12. The van der Waals surface area contributed by atoms with Gasteiger partial charge >= 0.3 is 0 Å². The van der Waals surface area contributed by atoms with Crippen LogP contribution in [0.4, 0.5) is 5.82 Å². The monoisotopic (exact) mass is 250 g/mol. The molecule has 0 bridgehead atoms. The van der Waals surface area contributed by atoms with Crippen LogP contribution in [0.2, 0.25) is 0 Å². The first kappa shape index (κ1) is 13.1. The van der Waals surface area contributed by atoms with Crippen LogP contribution in [0.15, 0.2) is 17.2 Å². The van der Waals surface area contributed by atoms with Gasteiger partial charge in [-0.25, -0.2) is 4.98 Å². The molecule has 18 heavy (non-hydrogen) atoms. The summed E-state index contributed by atoms with van der Waals surface area (Å²) in [6.07, 6.45) is 4.61. The Morgan fingerprint density at radius 1 is 1.61 bits per heavy atom. The Hall–Kier alpha value is -1.36. The molecule has 1 aromatic rings. The van der Waals surface area contributed by atoms with Crippen LogP contribution >= 0.6 is 0 Å².